The van der Waals surface area contributed by atoms with Crippen LogP contribution in [0.25, 0.3) is 32.7 Å². The van der Waals surface area contributed by atoms with E-state index in [1.807, 2.05) is 60.7 Å². The van der Waals surface area contributed by atoms with Gasteiger partial charge in [-0.05, 0) is 57.9 Å². The number of para-hydroxylation sites is 2. The monoisotopic (exact) mass is 698 g/mol. The summed E-state index contributed by atoms with van der Waals surface area (Å²) in [7, 11) is 2.88. The maximum atomic E-state index is 12.9. The number of benzene rings is 6. The summed E-state index contributed by atoms with van der Waals surface area (Å²) in [4.78, 5) is 25.7. The minimum atomic E-state index is -0.536. The number of hydrogen-bond donors (Lipinski definition) is 4. The summed E-state index contributed by atoms with van der Waals surface area (Å²) in [6.45, 7) is -0.756. The zero-order valence-electron chi connectivity index (χ0n) is 28.2. The molecule has 6 aromatic rings. The molecule has 6 aromatic carbocycles. The second kappa shape index (κ2) is 16.1. The predicted molar refractivity (Wildman–Crippen MR) is 199 cm³/mol. The number of ether oxygens (including phenoxy) is 4. The molecule has 0 spiro atoms. The first-order chi connectivity index (χ1) is 25.4. The van der Waals surface area contributed by atoms with E-state index in [2.05, 4.69) is 21.1 Å². The second-order valence-electron chi connectivity index (χ2n) is 11.3. The van der Waals surface area contributed by atoms with E-state index in [0.717, 1.165) is 21.5 Å². The lowest BCUT2D eigenvalue weighted by Gasteiger charge is -2.19. The molecule has 0 saturated heterocycles. The van der Waals surface area contributed by atoms with Gasteiger partial charge < -0.3 is 29.2 Å². The van der Waals surface area contributed by atoms with E-state index in [4.69, 9.17) is 18.9 Å². The summed E-state index contributed by atoms with van der Waals surface area (Å²) in [6.07, 6.45) is 2.61. The van der Waals surface area contributed by atoms with Gasteiger partial charge in [0.1, 0.15) is 11.5 Å². The molecular formula is C40H34N4O8. The molecule has 6 rings (SSSR count). The first kappa shape index (κ1) is 34.8. The van der Waals surface area contributed by atoms with Gasteiger partial charge in [0.05, 0.1) is 26.6 Å². The fraction of sp³-hybridized carbons (Fsp3) is 0.100. The van der Waals surface area contributed by atoms with Gasteiger partial charge in [-0.2, -0.15) is 10.2 Å². The molecule has 262 valence electrons. The average molecular weight is 699 g/mol. The number of carbonyl (C=O) groups is 2. The lowest BCUT2D eigenvalue weighted by Crippen LogP contribution is -2.25. The lowest BCUT2D eigenvalue weighted by molar-refractivity contribution is -0.123. The van der Waals surface area contributed by atoms with E-state index in [1.54, 1.807) is 48.5 Å². The molecule has 0 fully saturated rings. The molecule has 0 atom stereocenters. The van der Waals surface area contributed by atoms with Crippen LogP contribution in [-0.4, -0.2) is 61.9 Å². The third-order valence-corrected chi connectivity index (χ3v) is 8.04. The van der Waals surface area contributed by atoms with E-state index in [0.29, 0.717) is 33.8 Å². The topological polar surface area (TPSA) is 160 Å². The van der Waals surface area contributed by atoms with E-state index in [-0.39, 0.29) is 36.2 Å². The van der Waals surface area contributed by atoms with Crippen molar-refractivity contribution < 1.29 is 38.7 Å². The smallest absolute Gasteiger partial charge is 0.277 e. The van der Waals surface area contributed by atoms with Gasteiger partial charge in [-0.1, -0.05) is 72.8 Å². The van der Waals surface area contributed by atoms with Crippen LogP contribution in [0.1, 0.15) is 11.1 Å². The van der Waals surface area contributed by atoms with E-state index >= 15 is 0 Å². The molecule has 0 bridgehead atoms. The number of hydrogen-bond acceptors (Lipinski definition) is 10. The van der Waals surface area contributed by atoms with Crippen LogP contribution in [-0.2, 0) is 9.59 Å². The first-order valence-corrected chi connectivity index (χ1v) is 16.0. The number of carbonyl (C=O) groups excluding carboxylic acids is 2. The predicted octanol–water partition coefficient (Wildman–Crippen LogP) is 6.15. The Hall–Kier alpha value is -7.08. The Morgan fingerprint density at radius 3 is 1.40 bits per heavy atom. The van der Waals surface area contributed by atoms with Gasteiger partial charge in [-0.15, -0.1) is 0 Å². The number of phenols is 2. The molecule has 0 unspecified atom stereocenters. The number of phenolic OH excluding ortho intramolecular Hbond substituents is 2. The highest BCUT2D eigenvalue weighted by atomic mass is 16.5. The van der Waals surface area contributed by atoms with Crippen LogP contribution >= 0.6 is 0 Å². The zero-order chi connectivity index (χ0) is 36.5. The van der Waals surface area contributed by atoms with Crippen molar-refractivity contribution in [2.24, 2.45) is 10.2 Å². The van der Waals surface area contributed by atoms with Gasteiger partial charge >= 0.3 is 0 Å². The first-order valence-electron chi connectivity index (χ1n) is 16.0. The summed E-state index contributed by atoms with van der Waals surface area (Å²) >= 11 is 0. The van der Waals surface area contributed by atoms with Crippen LogP contribution in [0.15, 0.2) is 119 Å². The molecule has 0 radical (unpaired) electrons. The quantitative estimate of drug-likeness (QED) is 0.0826. The lowest BCUT2D eigenvalue weighted by atomic mass is 9.92. The number of rotatable bonds is 13. The standard InChI is InChI=1S/C40H34N4O8/c1-49-33-15-7-11-27(39(33)47)21-41-43-35(45)23-51-31-19-17-25-9-3-5-13-29(25)37(31)38-30-14-6-4-10-26(30)18-20-32(38)52-24-36(46)44-42-22-28-12-8-16-34(50-2)40(28)48/h3-22,47-48H,23-24H2,1-2H3,(H,43,45)(H,44,46)/b41-21+,42-22+. The molecule has 0 aliphatic carbocycles. The van der Waals surface area contributed by atoms with Crippen molar-refractivity contribution in [2.45, 2.75) is 0 Å². The molecule has 2 amide bonds. The Bertz CT molecular complexity index is 2160. The number of nitrogens with zero attached hydrogens (tertiary/aromatic N) is 2. The molecule has 0 heterocycles. The summed E-state index contributed by atoms with van der Waals surface area (Å²) < 4.78 is 22.5. The van der Waals surface area contributed by atoms with Crippen molar-refractivity contribution >= 4 is 45.8 Å². The van der Waals surface area contributed by atoms with Gasteiger partial charge in [-0.3, -0.25) is 9.59 Å². The second-order valence-corrected chi connectivity index (χ2v) is 11.3. The molecule has 4 N–H and O–H groups in total. The minimum Gasteiger partial charge on any atom is -0.504 e. The highest BCUT2D eigenvalue weighted by Crippen LogP contribution is 2.45. The van der Waals surface area contributed by atoms with Crippen molar-refractivity contribution in [1.29, 1.82) is 0 Å². The Morgan fingerprint density at radius 2 is 0.981 bits per heavy atom. The fourth-order valence-corrected chi connectivity index (χ4v) is 5.57. The molecule has 12 heteroatoms. The highest BCUT2D eigenvalue weighted by Gasteiger charge is 2.20. The van der Waals surface area contributed by atoms with Crippen molar-refractivity contribution in [3.05, 3.63) is 120 Å². The molecule has 0 saturated carbocycles. The van der Waals surface area contributed by atoms with Gasteiger partial charge in [0.2, 0.25) is 0 Å². The van der Waals surface area contributed by atoms with Crippen molar-refractivity contribution in [3.63, 3.8) is 0 Å². The third-order valence-electron chi connectivity index (χ3n) is 8.04. The average Bonchev–Trinajstić information content (AvgIpc) is 3.17. The van der Waals surface area contributed by atoms with Gasteiger partial charge in [0.25, 0.3) is 11.8 Å². The fourth-order valence-electron chi connectivity index (χ4n) is 5.57. The van der Waals surface area contributed by atoms with Crippen LogP contribution in [0.5, 0.6) is 34.5 Å². The summed E-state index contributed by atoms with van der Waals surface area (Å²) in [5, 5.41) is 32.0. The number of hydrazone groups is 2. The van der Waals surface area contributed by atoms with Crippen LogP contribution in [0.2, 0.25) is 0 Å². The van der Waals surface area contributed by atoms with Crippen LogP contribution < -0.4 is 29.8 Å². The molecule has 0 aliphatic heterocycles. The number of aromatic hydroxyl groups is 2. The maximum Gasteiger partial charge on any atom is 0.277 e. The van der Waals surface area contributed by atoms with Crippen molar-refractivity contribution in [1.82, 2.24) is 10.9 Å². The van der Waals surface area contributed by atoms with Crippen LogP contribution in [0.4, 0.5) is 0 Å². The number of methoxy groups -OCH3 is 2. The van der Waals surface area contributed by atoms with Crippen LogP contribution in [0.3, 0.4) is 0 Å². The molecule has 12 nitrogen and oxygen atoms in total. The molecule has 0 aromatic heterocycles. The Morgan fingerprint density at radius 1 is 0.558 bits per heavy atom. The van der Waals surface area contributed by atoms with E-state index in [9.17, 15) is 19.8 Å². The SMILES string of the molecule is COc1cccc(/C=N/NC(=O)COc2ccc3ccccc3c2-c2c(OCC(=O)N/N=C/c3cccc(OC)c3O)ccc3ccccc23)c1O. The van der Waals surface area contributed by atoms with Crippen LogP contribution in [0, 0.1) is 0 Å². The normalized spacial score (nSPS) is 11.2. The Labute approximate surface area is 298 Å². The Kier molecular flexibility index (Phi) is 10.8. The number of amides is 2. The largest absolute Gasteiger partial charge is 0.504 e. The zero-order valence-corrected chi connectivity index (χ0v) is 28.2. The van der Waals surface area contributed by atoms with E-state index < -0.39 is 11.8 Å². The van der Waals surface area contributed by atoms with Crippen molar-refractivity contribution in [3.8, 4) is 45.6 Å². The third kappa shape index (κ3) is 7.71. The van der Waals surface area contributed by atoms with Gasteiger partial charge in [0, 0.05) is 22.3 Å². The molecular weight excluding hydrogens is 664 g/mol. The maximum absolute atomic E-state index is 12.9. The number of fused-ring (bicyclic) bond motifs is 2. The Balaban J connectivity index is 1.26. The summed E-state index contributed by atoms with van der Waals surface area (Å²) in [6, 6.07) is 32.7. The highest BCUT2D eigenvalue weighted by molar-refractivity contribution is 6.10. The number of nitrogens with one attached hydrogen (secondary N) is 2. The van der Waals surface area contributed by atoms with E-state index in [1.165, 1.54) is 26.6 Å². The summed E-state index contributed by atoms with van der Waals surface area (Å²) in [5.74, 6) is 0.0724. The van der Waals surface area contributed by atoms with Gasteiger partial charge in [0.15, 0.2) is 36.2 Å². The van der Waals surface area contributed by atoms with Crippen molar-refractivity contribution in [2.75, 3.05) is 27.4 Å². The molecule has 0 aliphatic rings. The van der Waals surface area contributed by atoms with Gasteiger partial charge in [-0.25, -0.2) is 10.9 Å². The summed E-state index contributed by atoms with van der Waals surface area (Å²) in [5.41, 5.74) is 6.89. The minimum absolute atomic E-state index is 0.105. The molecule has 52 heavy (non-hydrogen) atoms.